The van der Waals surface area contributed by atoms with Crippen LogP contribution in [0.25, 0.3) is 0 Å². The first kappa shape index (κ1) is 29.5. The third kappa shape index (κ3) is 5.68. The van der Waals surface area contributed by atoms with Crippen LogP contribution in [0.5, 0.6) is 11.5 Å². The average molecular weight is 614 g/mol. The molecule has 0 saturated carbocycles. The summed E-state index contributed by atoms with van der Waals surface area (Å²) in [7, 11) is -3.36. The Kier molecular flexibility index (Phi) is 8.29. The van der Waals surface area contributed by atoms with Crippen molar-refractivity contribution in [2.45, 2.75) is 73.2 Å². The molecule has 2 aliphatic rings. The fraction of sp³-hybridized carbons (Fsp3) is 0.314. The minimum absolute atomic E-state index is 0.110. The van der Waals surface area contributed by atoms with Crippen LogP contribution in [0.4, 0.5) is 0 Å². The van der Waals surface area contributed by atoms with Crippen LogP contribution in [-0.4, -0.2) is 25.6 Å². The predicted molar refractivity (Wildman–Crippen MR) is 177 cm³/mol. The normalized spacial score (nSPS) is 20.3. The van der Waals surface area contributed by atoms with Gasteiger partial charge in [0.1, 0.15) is 17.1 Å². The van der Waals surface area contributed by atoms with E-state index in [1.54, 1.807) is 11.8 Å². The number of rotatable bonds is 8. The summed E-state index contributed by atoms with van der Waals surface area (Å²) in [5, 5.41) is 0.110. The first-order chi connectivity index (χ1) is 20.2. The number of fused-ring (bicyclic) bond motifs is 1. The molecular weight excluding hydrogens is 574 g/mol. The topological polar surface area (TPSA) is 30.9 Å². The van der Waals surface area contributed by atoms with E-state index in [2.05, 4.69) is 142 Å². The van der Waals surface area contributed by atoms with Crippen molar-refractivity contribution in [3.63, 3.8) is 0 Å². The lowest BCUT2D eigenvalue weighted by atomic mass is 9.79. The van der Waals surface area contributed by atoms with Crippen molar-refractivity contribution in [2.75, 3.05) is 6.54 Å². The Labute approximate surface area is 257 Å². The van der Waals surface area contributed by atoms with Crippen molar-refractivity contribution in [3.8, 4) is 11.5 Å². The van der Waals surface area contributed by atoms with Crippen molar-refractivity contribution < 1.29 is 13.5 Å². The van der Waals surface area contributed by atoms with Gasteiger partial charge in [0.05, 0.1) is 10.9 Å². The molecule has 2 aliphatic heterocycles. The first-order valence-electron chi connectivity index (χ1n) is 14.8. The molecule has 218 valence electrons. The smallest absolute Gasteiger partial charge is 0.322 e. The molecule has 0 spiro atoms. The van der Waals surface area contributed by atoms with Gasteiger partial charge in [0, 0.05) is 11.4 Å². The molecule has 0 radical (unpaired) electrons. The van der Waals surface area contributed by atoms with Crippen molar-refractivity contribution in [2.24, 2.45) is 0 Å². The molecule has 0 N–H and O–H groups in total. The summed E-state index contributed by atoms with van der Waals surface area (Å²) in [5.41, 5.74) is 1.78. The highest BCUT2D eigenvalue weighted by Gasteiger charge is 2.59. The van der Waals surface area contributed by atoms with Crippen LogP contribution in [0.15, 0.2) is 119 Å². The summed E-state index contributed by atoms with van der Waals surface area (Å²) in [6.07, 6.45) is 2.19. The Hall–Kier alpha value is -2.60. The molecule has 7 heteroatoms. The molecule has 0 aliphatic carbocycles. The molecule has 2 fully saturated rings. The van der Waals surface area contributed by atoms with Gasteiger partial charge in [0.25, 0.3) is 0 Å². The SMILES string of the molecule is CC(C)(C)[Si](C)(C)Oc1ccc(OP2OC(c3ccccc3)(c3ccccc3)C3CCCN32)c(Sc2ccccc2)c1. The standard InChI is InChI=1S/C35H40NO3PSSi/c1-34(2,3)42(4,5)38-29-23-24-31(32(26-29)41-30-20-13-8-14-21-30)37-40-36-25-15-22-33(36)35(39-40,27-16-9-6-10-17-27)28-18-11-7-12-19-28/h6-14,16-21,23-24,26,33H,15,22,25H2,1-5H3. The number of benzene rings is 4. The third-order valence-electron chi connectivity index (χ3n) is 8.77. The van der Waals surface area contributed by atoms with Gasteiger partial charge in [-0.25, -0.2) is 4.67 Å². The Balaban J connectivity index is 1.37. The molecule has 2 unspecified atom stereocenters. The van der Waals surface area contributed by atoms with E-state index in [0.717, 1.165) is 40.7 Å². The van der Waals surface area contributed by atoms with Crippen molar-refractivity contribution in [1.29, 1.82) is 0 Å². The maximum Gasteiger partial charge on any atom is 0.322 e. The van der Waals surface area contributed by atoms with Gasteiger partial charge in [-0.2, -0.15) is 0 Å². The van der Waals surface area contributed by atoms with Gasteiger partial charge in [-0.1, -0.05) is 111 Å². The second-order valence-electron chi connectivity index (χ2n) is 12.6. The van der Waals surface area contributed by atoms with Gasteiger partial charge in [-0.3, -0.25) is 4.52 Å². The zero-order valence-corrected chi connectivity index (χ0v) is 27.8. The van der Waals surface area contributed by atoms with E-state index in [9.17, 15) is 0 Å². The van der Waals surface area contributed by atoms with Gasteiger partial charge in [0.15, 0.2) is 0 Å². The van der Waals surface area contributed by atoms with E-state index >= 15 is 0 Å². The van der Waals surface area contributed by atoms with E-state index < -0.39 is 22.4 Å². The molecule has 4 aromatic carbocycles. The van der Waals surface area contributed by atoms with Crippen LogP contribution in [0.2, 0.25) is 18.1 Å². The van der Waals surface area contributed by atoms with E-state index in [0.29, 0.717) is 0 Å². The molecular formula is C35H40NO3PSSi. The largest absolute Gasteiger partial charge is 0.543 e. The number of hydrogen-bond donors (Lipinski definition) is 0. The lowest BCUT2D eigenvalue weighted by Crippen LogP contribution is -2.43. The van der Waals surface area contributed by atoms with Gasteiger partial charge in [-0.05, 0) is 72.4 Å². The zero-order chi connectivity index (χ0) is 29.4. The van der Waals surface area contributed by atoms with E-state index in [1.807, 2.05) is 6.07 Å². The summed E-state index contributed by atoms with van der Waals surface area (Å²) < 4.78 is 23.3. The summed E-state index contributed by atoms with van der Waals surface area (Å²) in [6.45, 7) is 12.4. The second kappa shape index (κ2) is 11.8. The third-order valence-corrected chi connectivity index (χ3v) is 15.9. The van der Waals surface area contributed by atoms with Gasteiger partial charge in [-0.15, -0.1) is 0 Å². The van der Waals surface area contributed by atoms with Crippen LogP contribution in [0, 0.1) is 0 Å². The van der Waals surface area contributed by atoms with E-state index in [1.165, 1.54) is 11.1 Å². The molecule has 6 rings (SSSR count). The lowest BCUT2D eigenvalue weighted by Gasteiger charge is -2.36. The first-order valence-corrected chi connectivity index (χ1v) is 19.6. The minimum Gasteiger partial charge on any atom is -0.543 e. The van der Waals surface area contributed by atoms with Gasteiger partial charge in [0.2, 0.25) is 8.32 Å². The van der Waals surface area contributed by atoms with Crippen molar-refractivity contribution in [3.05, 3.63) is 120 Å². The Morgan fingerprint density at radius 1 is 0.857 bits per heavy atom. The average Bonchev–Trinajstić information content (AvgIpc) is 3.58. The highest BCUT2D eigenvalue weighted by atomic mass is 32.2. The van der Waals surface area contributed by atoms with E-state index in [-0.39, 0.29) is 11.1 Å². The monoisotopic (exact) mass is 613 g/mol. The quantitative estimate of drug-likeness (QED) is 0.146. The summed E-state index contributed by atoms with van der Waals surface area (Å²) in [6, 6.07) is 38.4. The highest BCUT2D eigenvalue weighted by molar-refractivity contribution is 7.99. The summed E-state index contributed by atoms with van der Waals surface area (Å²) in [4.78, 5) is 2.20. The summed E-state index contributed by atoms with van der Waals surface area (Å²) in [5.74, 6) is 1.73. The maximum atomic E-state index is 7.19. The Morgan fingerprint density at radius 2 is 1.45 bits per heavy atom. The highest BCUT2D eigenvalue weighted by Crippen LogP contribution is 2.65. The molecule has 0 bridgehead atoms. The van der Waals surface area contributed by atoms with Crippen molar-refractivity contribution in [1.82, 2.24) is 4.67 Å². The maximum absolute atomic E-state index is 7.19. The molecule has 2 saturated heterocycles. The lowest BCUT2D eigenvalue weighted by molar-refractivity contribution is 0.108. The van der Waals surface area contributed by atoms with Crippen LogP contribution >= 0.6 is 20.3 Å². The van der Waals surface area contributed by atoms with Gasteiger partial charge >= 0.3 is 8.53 Å². The number of nitrogens with zero attached hydrogens (tertiary/aromatic N) is 1. The van der Waals surface area contributed by atoms with Crippen molar-refractivity contribution >= 4 is 28.6 Å². The molecule has 0 amide bonds. The number of hydrogen-bond acceptors (Lipinski definition) is 5. The Morgan fingerprint density at radius 3 is 2.05 bits per heavy atom. The molecule has 0 aromatic heterocycles. The fourth-order valence-corrected chi connectivity index (χ4v) is 9.53. The van der Waals surface area contributed by atoms with E-state index in [4.69, 9.17) is 13.5 Å². The van der Waals surface area contributed by atoms with Crippen LogP contribution in [0.1, 0.15) is 44.7 Å². The van der Waals surface area contributed by atoms with Crippen LogP contribution in [0.3, 0.4) is 0 Å². The van der Waals surface area contributed by atoms with Crippen LogP contribution < -0.4 is 8.95 Å². The molecule has 2 heterocycles. The molecule has 4 nitrogen and oxygen atoms in total. The molecule has 4 aromatic rings. The van der Waals surface area contributed by atoms with Crippen LogP contribution in [-0.2, 0) is 10.1 Å². The molecule has 2 atom stereocenters. The predicted octanol–water partition coefficient (Wildman–Crippen LogP) is 10.3. The summed E-state index contributed by atoms with van der Waals surface area (Å²) >= 11 is 1.71. The molecule has 42 heavy (non-hydrogen) atoms. The minimum atomic E-state index is -2.00. The fourth-order valence-electron chi connectivity index (χ4n) is 5.55. The zero-order valence-electron chi connectivity index (χ0n) is 25.1. The Bertz CT molecular complexity index is 1460. The second-order valence-corrected chi connectivity index (χ2v) is 19.8. The van der Waals surface area contributed by atoms with Gasteiger partial charge < -0.3 is 8.95 Å².